The molecule has 1 heterocycles. The number of hydrogen-bond donors (Lipinski definition) is 0. The molecule has 14 heavy (non-hydrogen) atoms. The van der Waals surface area contributed by atoms with Crippen molar-refractivity contribution in [2.45, 2.75) is 55.4 Å². The molecule has 0 saturated carbocycles. The fraction of sp³-hybridized carbons (Fsp3) is 0.667. The molecule has 0 saturated heterocycles. The topological polar surface area (TPSA) is 25.8 Å². The zero-order valence-electron chi connectivity index (χ0n) is 11.0. The van der Waals surface area contributed by atoms with Crippen LogP contribution < -0.4 is 0 Å². The van der Waals surface area contributed by atoms with Gasteiger partial charge in [0.15, 0.2) is 0 Å². The van der Waals surface area contributed by atoms with Gasteiger partial charge in [-0.2, -0.15) is 10.2 Å². The first-order valence-corrected chi connectivity index (χ1v) is 5.55. The summed E-state index contributed by atoms with van der Waals surface area (Å²) < 4.78 is 0. The van der Waals surface area contributed by atoms with Crippen molar-refractivity contribution in [3.63, 3.8) is 0 Å². The predicted octanol–water partition coefficient (Wildman–Crippen LogP) is 4.17. The van der Waals surface area contributed by atoms with E-state index in [1.165, 1.54) is 5.56 Å². The van der Waals surface area contributed by atoms with Crippen molar-refractivity contribution in [2.75, 3.05) is 0 Å². The average Bonchev–Trinajstić information content (AvgIpc) is 2.31. The van der Waals surface area contributed by atoms with Gasteiger partial charge in [-0.1, -0.05) is 41.5 Å². The largest absolute Gasteiger partial charge is 0.159 e. The summed E-state index contributed by atoms with van der Waals surface area (Å²) in [6.07, 6.45) is 1.70. The van der Waals surface area contributed by atoms with Crippen LogP contribution in [-0.4, -0.2) is 10.2 Å². The third kappa shape index (κ3) is 11.1. The second-order valence-electron chi connectivity index (χ2n) is 1.80. The van der Waals surface area contributed by atoms with Crippen molar-refractivity contribution in [1.82, 2.24) is 10.2 Å². The Bertz CT molecular complexity index is 164. The first kappa shape index (κ1) is 18.8. The molecule has 0 bridgehead atoms. The molecule has 0 N–H and O–H groups in total. The summed E-state index contributed by atoms with van der Waals surface area (Å²) in [7, 11) is 0. The molecule has 0 atom stereocenters. The van der Waals surface area contributed by atoms with E-state index in [1.54, 1.807) is 6.20 Å². The standard InChI is InChI=1S/C6H8N2.3C2H6/c1-5-3-4-7-8-6(5)2;3*1-2/h3-4H,1-2H3;3*1-2H3. The number of rotatable bonds is 0. The zero-order valence-corrected chi connectivity index (χ0v) is 11.0. The Morgan fingerprint density at radius 3 is 1.50 bits per heavy atom. The Kier molecular flexibility index (Phi) is 24.1. The van der Waals surface area contributed by atoms with E-state index in [2.05, 4.69) is 10.2 Å². The van der Waals surface area contributed by atoms with Gasteiger partial charge in [-0.25, -0.2) is 0 Å². The normalized spacial score (nSPS) is 6.57. The van der Waals surface area contributed by atoms with Gasteiger partial charge in [-0.05, 0) is 25.5 Å². The lowest BCUT2D eigenvalue weighted by atomic mass is 10.3. The van der Waals surface area contributed by atoms with Gasteiger partial charge in [0.05, 0.1) is 5.69 Å². The van der Waals surface area contributed by atoms with E-state index < -0.39 is 0 Å². The van der Waals surface area contributed by atoms with Gasteiger partial charge in [0.25, 0.3) is 0 Å². The van der Waals surface area contributed by atoms with Gasteiger partial charge >= 0.3 is 0 Å². The minimum absolute atomic E-state index is 1.01. The van der Waals surface area contributed by atoms with Crippen LogP contribution in [-0.2, 0) is 0 Å². The first-order chi connectivity index (χ1) is 6.80. The first-order valence-electron chi connectivity index (χ1n) is 5.55. The number of aromatic nitrogens is 2. The van der Waals surface area contributed by atoms with Crippen LogP contribution in [0.2, 0.25) is 0 Å². The smallest absolute Gasteiger partial charge is 0.0629 e. The highest BCUT2D eigenvalue weighted by Crippen LogP contribution is 1.96. The summed E-state index contributed by atoms with van der Waals surface area (Å²) in [5.74, 6) is 0. The molecule has 0 aliphatic rings. The lowest BCUT2D eigenvalue weighted by Crippen LogP contribution is -1.86. The molecule has 0 amide bonds. The molecule has 2 nitrogen and oxygen atoms in total. The van der Waals surface area contributed by atoms with E-state index in [0.717, 1.165) is 5.69 Å². The average molecular weight is 198 g/mol. The lowest BCUT2D eigenvalue weighted by Gasteiger charge is -1.91. The van der Waals surface area contributed by atoms with Crippen LogP contribution in [0.15, 0.2) is 12.3 Å². The van der Waals surface area contributed by atoms with Crippen LogP contribution in [0.25, 0.3) is 0 Å². The minimum atomic E-state index is 1.01. The van der Waals surface area contributed by atoms with E-state index in [0.29, 0.717) is 0 Å². The van der Waals surface area contributed by atoms with Crippen molar-refractivity contribution in [1.29, 1.82) is 0 Å². The Morgan fingerprint density at radius 1 is 0.857 bits per heavy atom. The number of aryl methyl sites for hydroxylation is 2. The molecular formula is C12H26N2. The van der Waals surface area contributed by atoms with Crippen molar-refractivity contribution >= 4 is 0 Å². The Labute approximate surface area is 89.8 Å². The number of hydrogen-bond acceptors (Lipinski definition) is 2. The van der Waals surface area contributed by atoms with Crippen molar-refractivity contribution in [3.05, 3.63) is 23.5 Å². The van der Waals surface area contributed by atoms with Gasteiger partial charge in [-0.15, -0.1) is 0 Å². The van der Waals surface area contributed by atoms with Gasteiger partial charge in [0.1, 0.15) is 0 Å². The van der Waals surface area contributed by atoms with Gasteiger partial charge in [-0.3, -0.25) is 0 Å². The molecule has 84 valence electrons. The summed E-state index contributed by atoms with van der Waals surface area (Å²) in [6.45, 7) is 16.0. The van der Waals surface area contributed by atoms with E-state index >= 15 is 0 Å². The SMILES string of the molecule is CC.CC.CC.Cc1ccnnc1C. The van der Waals surface area contributed by atoms with Crippen LogP contribution in [0.3, 0.4) is 0 Å². The summed E-state index contributed by atoms with van der Waals surface area (Å²) in [5, 5.41) is 7.52. The van der Waals surface area contributed by atoms with Gasteiger partial charge in [0.2, 0.25) is 0 Å². The van der Waals surface area contributed by atoms with Crippen LogP contribution in [0.5, 0.6) is 0 Å². The molecular weight excluding hydrogens is 172 g/mol. The molecule has 2 heteroatoms. The van der Waals surface area contributed by atoms with E-state index in [1.807, 2.05) is 61.5 Å². The summed E-state index contributed by atoms with van der Waals surface area (Å²) in [5.41, 5.74) is 2.20. The third-order valence-electron chi connectivity index (χ3n) is 1.17. The van der Waals surface area contributed by atoms with Crippen molar-refractivity contribution < 1.29 is 0 Å². The van der Waals surface area contributed by atoms with E-state index in [4.69, 9.17) is 0 Å². The highest BCUT2D eigenvalue weighted by Gasteiger charge is 1.86. The Balaban J connectivity index is -0.000000174. The molecule has 0 unspecified atom stereocenters. The van der Waals surface area contributed by atoms with E-state index in [-0.39, 0.29) is 0 Å². The van der Waals surface area contributed by atoms with Crippen molar-refractivity contribution in [2.24, 2.45) is 0 Å². The second kappa shape index (κ2) is 18.0. The third-order valence-corrected chi connectivity index (χ3v) is 1.17. The van der Waals surface area contributed by atoms with Crippen LogP contribution in [0.4, 0.5) is 0 Å². The fourth-order valence-corrected chi connectivity index (χ4v) is 0.465. The predicted molar refractivity (Wildman–Crippen MR) is 65.6 cm³/mol. The monoisotopic (exact) mass is 198 g/mol. The van der Waals surface area contributed by atoms with Crippen molar-refractivity contribution in [3.8, 4) is 0 Å². The quantitative estimate of drug-likeness (QED) is 0.625. The van der Waals surface area contributed by atoms with Gasteiger partial charge in [0, 0.05) is 6.20 Å². The molecule has 1 rings (SSSR count). The van der Waals surface area contributed by atoms with Crippen LogP contribution in [0, 0.1) is 13.8 Å². The van der Waals surface area contributed by atoms with Crippen LogP contribution in [0.1, 0.15) is 52.8 Å². The summed E-state index contributed by atoms with van der Waals surface area (Å²) in [4.78, 5) is 0. The second-order valence-corrected chi connectivity index (χ2v) is 1.80. The molecule has 0 spiro atoms. The lowest BCUT2D eigenvalue weighted by molar-refractivity contribution is 0.961. The molecule has 0 aliphatic carbocycles. The van der Waals surface area contributed by atoms with Crippen LogP contribution >= 0.6 is 0 Å². The Hall–Kier alpha value is -0.920. The maximum atomic E-state index is 3.83. The highest BCUT2D eigenvalue weighted by molar-refractivity contribution is 5.12. The Morgan fingerprint density at radius 2 is 1.29 bits per heavy atom. The molecule has 0 radical (unpaired) electrons. The minimum Gasteiger partial charge on any atom is -0.159 e. The van der Waals surface area contributed by atoms with Gasteiger partial charge < -0.3 is 0 Å². The molecule has 0 aliphatic heterocycles. The fourth-order valence-electron chi connectivity index (χ4n) is 0.465. The van der Waals surface area contributed by atoms with E-state index in [9.17, 15) is 0 Å². The molecule has 1 aromatic rings. The summed E-state index contributed by atoms with van der Waals surface area (Å²) in [6, 6.07) is 1.95. The molecule has 0 aromatic carbocycles. The maximum absolute atomic E-state index is 3.83. The zero-order chi connectivity index (χ0) is 12.0. The highest BCUT2D eigenvalue weighted by atomic mass is 15.1. The molecule has 1 aromatic heterocycles. The molecule has 0 fully saturated rings. The number of nitrogens with zero attached hydrogens (tertiary/aromatic N) is 2. The maximum Gasteiger partial charge on any atom is 0.0629 e. The summed E-state index contributed by atoms with van der Waals surface area (Å²) >= 11 is 0.